The number of likely N-dealkylation sites (tertiary alicyclic amines) is 1. The number of carbonyl (C=O) groups excluding carboxylic acids is 1. The fourth-order valence-corrected chi connectivity index (χ4v) is 3.66. The van der Waals surface area contributed by atoms with Gasteiger partial charge in [-0.2, -0.15) is 0 Å². The van der Waals surface area contributed by atoms with Gasteiger partial charge in [-0.3, -0.25) is 9.79 Å². The molecule has 1 aromatic heterocycles. The van der Waals surface area contributed by atoms with Crippen molar-refractivity contribution in [1.82, 2.24) is 15.5 Å². The van der Waals surface area contributed by atoms with Gasteiger partial charge in [-0.15, -0.1) is 24.0 Å². The SMILES string of the molecule is CC(=O)N1CCC(NC(=NCCc2ccco2)NC2CCCC2)CC1.I. The number of guanidine groups is 1. The number of aliphatic imine (C=N–C) groups is 1. The molecular formula is C19H31IN4O2. The van der Waals surface area contributed by atoms with Crippen LogP contribution in [0.1, 0.15) is 51.2 Å². The summed E-state index contributed by atoms with van der Waals surface area (Å²) in [4.78, 5) is 18.2. The van der Waals surface area contributed by atoms with E-state index in [2.05, 4.69) is 10.6 Å². The van der Waals surface area contributed by atoms with Crippen LogP contribution < -0.4 is 10.6 Å². The molecule has 0 spiro atoms. The lowest BCUT2D eigenvalue weighted by molar-refractivity contribution is -0.129. The maximum atomic E-state index is 11.5. The monoisotopic (exact) mass is 474 g/mol. The van der Waals surface area contributed by atoms with Crippen LogP contribution in [0.4, 0.5) is 0 Å². The number of rotatable bonds is 5. The topological polar surface area (TPSA) is 69.9 Å². The van der Waals surface area contributed by atoms with Gasteiger partial charge < -0.3 is 20.0 Å². The Labute approximate surface area is 173 Å². The summed E-state index contributed by atoms with van der Waals surface area (Å²) in [5.74, 6) is 2.06. The Hall–Kier alpha value is -1.25. The number of nitrogens with zero attached hydrogens (tertiary/aromatic N) is 2. The van der Waals surface area contributed by atoms with Crippen molar-refractivity contribution >= 4 is 35.8 Å². The lowest BCUT2D eigenvalue weighted by atomic mass is 10.1. The number of nitrogens with one attached hydrogen (secondary N) is 2. The van der Waals surface area contributed by atoms with Gasteiger partial charge in [-0.05, 0) is 37.8 Å². The van der Waals surface area contributed by atoms with E-state index >= 15 is 0 Å². The molecule has 1 aromatic rings. The highest BCUT2D eigenvalue weighted by molar-refractivity contribution is 14.0. The van der Waals surface area contributed by atoms with E-state index in [-0.39, 0.29) is 29.9 Å². The molecule has 2 heterocycles. The lowest BCUT2D eigenvalue weighted by Crippen LogP contribution is -2.51. The summed E-state index contributed by atoms with van der Waals surface area (Å²) in [6.45, 7) is 4.02. The van der Waals surface area contributed by atoms with Crippen LogP contribution in [0.2, 0.25) is 0 Å². The standard InChI is InChI=1S/C19H30N4O2.HI/c1-15(24)23-12-9-17(10-13-23)22-19(21-16-5-2-3-6-16)20-11-8-18-7-4-14-25-18;/h4,7,14,16-17H,2-3,5-6,8-13H2,1H3,(H2,20,21,22);1H. The van der Waals surface area contributed by atoms with Crippen LogP contribution in [0, 0.1) is 0 Å². The second kappa shape index (κ2) is 10.8. The van der Waals surface area contributed by atoms with Crippen molar-refractivity contribution in [2.45, 2.75) is 64.0 Å². The Bertz CT molecular complexity index is 562. The normalized spacial score (nSPS) is 19.3. The summed E-state index contributed by atoms with van der Waals surface area (Å²) in [6, 6.07) is 4.82. The van der Waals surface area contributed by atoms with Gasteiger partial charge in [-0.1, -0.05) is 12.8 Å². The van der Waals surface area contributed by atoms with Crippen LogP contribution >= 0.6 is 24.0 Å². The molecule has 1 aliphatic carbocycles. The van der Waals surface area contributed by atoms with Crippen LogP contribution in [-0.2, 0) is 11.2 Å². The summed E-state index contributed by atoms with van der Waals surface area (Å²) in [6.07, 6.45) is 9.52. The molecule has 1 saturated carbocycles. The number of amides is 1. The smallest absolute Gasteiger partial charge is 0.219 e. The summed E-state index contributed by atoms with van der Waals surface area (Å²) in [5, 5.41) is 7.20. The Morgan fingerprint density at radius 3 is 2.42 bits per heavy atom. The second-order valence-corrected chi connectivity index (χ2v) is 7.11. The van der Waals surface area contributed by atoms with Crippen molar-refractivity contribution in [2.75, 3.05) is 19.6 Å². The van der Waals surface area contributed by atoms with Crippen LogP contribution in [0.3, 0.4) is 0 Å². The maximum absolute atomic E-state index is 11.5. The lowest BCUT2D eigenvalue weighted by Gasteiger charge is -2.33. The minimum atomic E-state index is 0. The fraction of sp³-hybridized carbons (Fsp3) is 0.684. The largest absolute Gasteiger partial charge is 0.469 e. The van der Waals surface area contributed by atoms with E-state index < -0.39 is 0 Å². The molecule has 7 heteroatoms. The van der Waals surface area contributed by atoms with Gasteiger partial charge in [0.05, 0.1) is 6.26 Å². The summed E-state index contributed by atoms with van der Waals surface area (Å²) in [7, 11) is 0. The first kappa shape index (κ1) is 21.1. The number of piperidine rings is 1. The minimum Gasteiger partial charge on any atom is -0.469 e. The van der Waals surface area contributed by atoms with Crippen LogP contribution in [0.5, 0.6) is 0 Å². The molecule has 1 saturated heterocycles. The van der Waals surface area contributed by atoms with E-state index in [0.29, 0.717) is 18.6 Å². The highest BCUT2D eigenvalue weighted by Crippen LogP contribution is 2.18. The third kappa shape index (κ3) is 6.48. The molecular weight excluding hydrogens is 443 g/mol. The molecule has 0 unspecified atom stereocenters. The van der Waals surface area contributed by atoms with Crippen molar-refractivity contribution in [2.24, 2.45) is 4.99 Å². The molecule has 2 aliphatic rings. The molecule has 0 aromatic carbocycles. The van der Waals surface area contributed by atoms with Gasteiger partial charge >= 0.3 is 0 Å². The summed E-state index contributed by atoms with van der Waals surface area (Å²) in [5.41, 5.74) is 0. The average Bonchev–Trinajstić information content (AvgIpc) is 3.29. The first-order chi connectivity index (χ1) is 12.2. The van der Waals surface area contributed by atoms with Gasteiger partial charge in [0.2, 0.25) is 5.91 Å². The number of carbonyl (C=O) groups is 1. The molecule has 2 fully saturated rings. The molecule has 6 nitrogen and oxygen atoms in total. The van der Waals surface area contributed by atoms with E-state index in [4.69, 9.17) is 9.41 Å². The number of halogens is 1. The number of hydrogen-bond donors (Lipinski definition) is 2. The van der Waals surface area contributed by atoms with Crippen molar-refractivity contribution in [3.8, 4) is 0 Å². The van der Waals surface area contributed by atoms with Crippen molar-refractivity contribution in [1.29, 1.82) is 0 Å². The Morgan fingerprint density at radius 1 is 1.19 bits per heavy atom. The molecule has 3 rings (SSSR count). The zero-order chi connectivity index (χ0) is 17.5. The van der Waals surface area contributed by atoms with Crippen LogP contribution in [-0.4, -0.2) is 48.5 Å². The predicted octanol–water partition coefficient (Wildman–Crippen LogP) is 2.93. The van der Waals surface area contributed by atoms with E-state index in [1.54, 1.807) is 13.2 Å². The molecule has 0 atom stereocenters. The second-order valence-electron chi connectivity index (χ2n) is 7.11. The van der Waals surface area contributed by atoms with E-state index in [0.717, 1.165) is 44.1 Å². The van der Waals surface area contributed by atoms with Crippen LogP contribution in [0.25, 0.3) is 0 Å². The first-order valence-electron chi connectivity index (χ1n) is 9.56. The molecule has 0 bridgehead atoms. The number of furan rings is 1. The molecule has 26 heavy (non-hydrogen) atoms. The van der Waals surface area contributed by atoms with Gasteiger partial charge in [0.25, 0.3) is 0 Å². The average molecular weight is 474 g/mol. The van der Waals surface area contributed by atoms with E-state index in [1.165, 1.54) is 25.7 Å². The predicted molar refractivity (Wildman–Crippen MR) is 114 cm³/mol. The zero-order valence-electron chi connectivity index (χ0n) is 15.6. The Kier molecular flexibility index (Phi) is 8.74. The maximum Gasteiger partial charge on any atom is 0.219 e. The Balaban J connectivity index is 0.00000243. The zero-order valence-corrected chi connectivity index (χ0v) is 17.9. The molecule has 2 N–H and O–H groups in total. The van der Waals surface area contributed by atoms with E-state index in [1.807, 2.05) is 17.0 Å². The summed E-state index contributed by atoms with van der Waals surface area (Å²) >= 11 is 0. The van der Waals surface area contributed by atoms with Gasteiger partial charge in [-0.25, -0.2) is 0 Å². The van der Waals surface area contributed by atoms with Gasteiger partial charge in [0.15, 0.2) is 5.96 Å². The highest BCUT2D eigenvalue weighted by atomic mass is 127. The van der Waals surface area contributed by atoms with Gasteiger partial charge in [0, 0.05) is 45.1 Å². The van der Waals surface area contributed by atoms with Crippen LogP contribution in [0.15, 0.2) is 27.8 Å². The minimum absolute atomic E-state index is 0. The molecule has 1 amide bonds. The summed E-state index contributed by atoms with van der Waals surface area (Å²) < 4.78 is 5.39. The van der Waals surface area contributed by atoms with Crippen molar-refractivity contribution in [3.05, 3.63) is 24.2 Å². The van der Waals surface area contributed by atoms with Gasteiger partial charge in [0.1, 0.15) is 5.76 Å². The molecule has 146 valence electrons. The third-order valence-electron chi connectivity index (χ3n) is 5.19. The van der Waals surface area contributed by atoms with E-state index in [9.17, 15) is 4.79 Å². The highest BCUT2D eigenvalue weighted by Gasteiger charge is 2.23. The third-order valence-corrected chi connectivity index (χ3v) is 5.19. The van der Waals surface area contributed by atoms with Crippen molar-refractivity contribution < 1.29 is 9.21 Å². The molecule has 0 radical (unpaired) electrons. The van der Waals surface area contributed by atoms with Crippen molar-refractivity contribution in [3.63, 3.8) is 0 Å². The fourth-order valence-electron chi connectivity index (χ4n) is 3.66. The Morgan fingerprint density at radius 2 is 1.85 bits per heavy atom. The first-order valence-corrected chi connectivity index (χ1v) is 9.56. The molecule has 1 aliphatic heterocycles. The quantitative estimate of drug-likeness (QED) is 0.391. The number of hydrogen-bond acceptors (Lipinski definition) is 3.